The molecule has 4 aromatic rings. The Labute approximate surface area is 174 Å². The van der Waals surface area contributed by atoms with E-state index in [0.29, 0.717) is 17.9 Å². The van der Waals surface area contributed by atoms with E-state index >= 15 is 0 Å². The number of amides is 1. The summed E-state index contributed by atoms with van der Waals surface area (Å²) < 4.78 is 15.7. The van der Waals surface area contributed by atoms with Crippen LogP contribution in [0.3, 0.4) is 0 Å². The monoisotopic (exact) mass is 403 g/mol. The van der Waals surface area contributed by atoms with Crippen molar-refractivity contribution in [1.29, 1.82) is 0 Å². The van der Waals surface area contributed by atoms with E-state index in [-0.39, 0.29) is 11.4 Å². The van der Waals surface area contributed by atoms with E-state index in [9.17, 15) is 9.18 Å². The van der Waals surface area contributed by atoms with Crippen LogP contribution >= 0.6 is 0 Å². The molecule has 0 fully saturated rings. The SMILES string of the molecule is Cc1ccc(NC(=O)c2cc3c(N(C)Cc4ccccc4)nc(C)cn3n2)c(F)c1. The quantitative estimate of drug-likeness (QED) is 0.537. The fourth-order valence-corrected chi connectivity index (χ4v) is 3.32. The number of hydrogen-bond acceptors (Lipinski definition) is 4. The maximum atomic E-state index is 14.1. The van der Waals surface area contributed by atoms with Gasteiger partial charge in [-0.2, -0.15) is 5.10 Å². The van der Waals surface area contributed by atoms with Crippen LogP contribution in [0.5, 0.6) is 0 Å². The number of aromatic nitrogens is 3. The fourth-order valence-electron chi connectivity index (χ4n) is 3.32. The van der Waals surface area contributed by atoms with E-state index in [0.717, 1.165) is 16.8 Å². The molecule has 30 heavy (non-hydrogen) atoms. The number of aryl methyl sites for hydroxylation is 2. The van der Waals surface area contributed by atoms with Crippen molar-refractivity contribution in [2.75, 3.05) is 17.3 Å². The van der Waals surface area contributed by atoms with Gasteiger partial charge in [0.25, 0.3) is 5.91 Å². The van der Waals surface area contributed by atoms with Gasteiger partial charge >= 0.3 is 0 Å². The highest BCUT2D eigenvalue weighted by molar-refractivity contribution is 6.04. The van der Waals surface area contributed by atoms with Crippen LogP contribution in [0.4, 0.5) is 15.9 Å². The zero-order chi connectivity index (χ0) is 21.3. The number of hydrogen-bond donors (Lipinski definition) is 1. The van der Waals surface area contributed by atoms with Crippen molar-refractivity contribution >= 4 is 22.9 Å². The molecular weight excluding hydrogens is 381 g/mol. The number of carbonyl (C=O) groups excluding carboxylic acids is 1. The number of rotatable bonds is 5. The number of nitrogens with zero attached hydrogens (tertiary/aromatic N) is 4. The van der Waals surface area contributed by atoms with Gasteiger partial charge in [0.05, 0.1) is 17.6 Å². The maximum Gasteiger partial charge on any atom is 0.276 e. The van der Waals surface area contributed by atoms with Gasteiger partial charge < -0.3 is 10.2 Å². The second-order valence-electron chi connectivity index (χ2n) is 7.34. The average molecular weight is 403 g/mol. The number of carbonyl (C=O) groups is 1. The predicted octanol–water partition coefficient (Wildman–Crippen LogP) is 4.37. The Morgan fingerprint density at radius 3 is 2.63 bits per heavy atom. The molecule has 2 aromatic carbocycles. The first kappa shape index (κ1) is 19.6. The van der Waals surface area contributed by atoms with Crippen molar-refractivity contribution in [3.8, 4) is 0 Å². The maximum absolute atomic E-state index is 14.1. The zero-order valence-corrected chi connectivity index (χ0v) is 17.1. The second kappa shape index (κ2) is 7.94. The van der Waals surface area contributed by atoms with Gasteiger partial charge in [-0.15, -0.1) is 0 Å². The van der Waals surface area contributed by atoms with Crippen molar-refractivity contribution in [2.24, 2.45) is 0 Å². The van der Waals surface area contributed by atoms with Crippen LogP contribution in [-0.2, 0) is 6.54 Å². The van der Waals surface area contributed by atoms with Gasteiger partial charge in [-0.3, -0.25) is 4.79 Å². The van der Waals surface area contributed by atoms with Crippen LogP contribution in [0.25, 0.3) is 5.52 Å². The summed E-state index contributed by atoms with van der Waals surface area (Å²) in [5.41, 5.74) is 3.72. The van der Waals surface area contributed by atoms with Crippen LogP contribution in [0.15, 0.2) is 60.8 Å². The molecule has 0 atom stereocenters. The van der Waals surface area contributed by atoms with Gasteiger partial charge in [0.2, 0.25) is 0 Å². The van der Waals surface area contributed by atoms with Crippen LogP contribution in [0, 0.1) is 19.7 Å². The van der Waals surface area contributed by atoms with Crippen molar-refractivity contribution in [2.45, 2.75) is 20.4 Å². The lowest BCUT2D eigenvalue weighted by Crippen LogP contribution is -2.19. The molecule has 0 radical (unpaired) electrons. The van der Waals surface area contributed by atoms with Crippen LogP contribution < -0.4 is 10.2 Å². The molecular formula is C23H22FN5O. The summed E-state index contributed by atoms with van der Waals surface area (Å²) >= 11 is 0. The first-order valence-electron chi connectivity index (χ1n) is 9.60. The predicted molar refractivity (Wildman–Crippen MR) is 115 cm³/mol. The molecule has 4 rings (SSSR count). The van der Waals surface area contributed by atoms with Crippen molar-refractivity contribution in [1.82, 2.24) is 14.6 Å². The number of fused-ring (bicyclic) bond motifs is 1. The number of benzene rings is 2. The molecule has 1 amide bonds. The molecule has 0 bridgehead atoms. The summed E-state index contributed by atoms with van der Waals surface area (Å²) in [4.78, 5) is 19.4. The number of halogens is 1. The van der Waals surface area contributed by atoms with Crippen molar-refractivity contribution in [3.63, 3.8) is 0 Å². The molecule has 0 aliphatic carbocycles. The van der Waals surface area contributed by atoms with Crippen LogP contribution in [0.1, 0.15) is 27.3 Å². The summed E-state index contributed by atoms with van der Waals surface area (Å²) in [6.07, 6.45) is 1.76. The summed E-state index contributed by atoms with van der Waals surface area (Å²) in [6, 6.07) is 16.4. The van der Waals surface area contributed by atoms with E-state index in [4.69, 9.17) is 0 Å². The van der Waals surface area contributed by atoms with Crippen LogP contribution in [0.2, 0.25) is 0 Å². The Hall–Kier alpha value is -3.74. The van der Waals surface area contributed by atoms with Crippen molar-refractivity contribution in [3.05, 3.63) is 89.1 Å². The van der Waals surface area contributed by atoms with Crippen LogP contribution in [-0.4, -0.2) is 27.6 Å². The third kappa shape index (κ3) is 4.00. The van der Waals surface area contributed by atoms with Gasteiger partial charge in [0.1, 0.15) is 11.3 Å². The van der Waals surface area contributed by atoms with Crippen molar-refractivity contribution < 1.29 is 9.18 Å². The van der Waals surface area contributed by atoms with E-state index < -0.39 is 11.7 Å². The fraction of sp³-hybridized carbons (Fsp3) is 0.174. The summed E-state index contributed by atoms with van der Waals surface area (Å²) in [5.74, 6) is -0.240. The molecule has 2 aromatic heterocycles. The smallest absolute Gasteiger partial charge is 0.276 e. The molecule has 0 saturated heterocycles. The minimum atomic E-state index is -0.479. The largest absolute Gasteiger partial charge is 0.354 e. The summed E-state index contributed by atoms with van der Waals surface area (Å²) in [6.45, 7) is 4.33. The summed E-state index contributed by atoms with van der Waals surface area (Å²) in [5, 5.41) is 6.98. The van der Waals surface area contributed by atoms with Gasteiger partial charge in [0, 0.05) is 19.7 Å². The highest BCUT2D eigenvalue weighted by atomic mass is 19.1. The van der Waals surface area contributed by atoms with Gasteiger partial charge in [-0.1, -0.05) is 36.4 Å². The molecule has 0 aliphatic heterocycles. The molecule has 6 nitrogen and oxygen atoms in total. The third-order valence-corrected chi connectivity index (χ3v) is 4.79. The molecule has 2 heterocycles. The molecule has 0 saturated carbocycles. The lowest BCUT2D eigenvalue weighted by molar-refractivity contribution is 0.102. The Morgan fingerprint density at radius 1 is 1.13 bits per heavy atom. The highest BCUT2D eigenvalue weighted by Crippen LogP contribution is 2.23. The Balaban J connectivity index is 1.65. The standard InChI is InChI=1S/C23H22FN5O/c1-15-9-10-19(18(24)11-15)26-23(30)20-12-21-22(25-16(2)13-29(21)27-20)28(3)14-17-7-5-4-6-8-17/h4-13H,14H2,1-3H3,(H,26,30). The molecule has 0 unspecified atom stereocenters. The lowest BCUT2D eigenvalue weighted by atomic mass is 10.2. The van der Waals surface area contributed by atoms with Gasteiger partial charge in [-0.05, 0) is 37.1 Å². The Bertz CT molecular complexity index is 1220. The minimum Gasteiger partial charge on any atom is -0.354 e. The topological polar surface area (TPSA) is 62.5 Å². The van der Waals surface area contributed by atoms with E-state index in [1.54, 1.807) is 35.8 Å². The molecule has 1 N–H and O–H groups in total. The average Bonchev–Trinajstić information content (AvgIpc) is 3.14. The van der Waals surface area contributed by atoms with E-state index in [1.165, 1.54) is 6.07 Å². The normalized spacial score (nSPS) is 10.9. The molecule has 0 spiro atoms. The Morgan fingerprint density at radius 2 is 1.90 bits per heavy atom. The van der Waals surface area contributed by atoms with E-state index in [2.05, 4.69) is 27.5 Å². The van der Waals surface area contributed by atoms with E-state index in [1.807, 2.05) is 37.1 Å². The summed E-state index contributed by atoms with van der Waals surface area (Å²) in [7, 11) is 1.95. The lowest BCUT2D eigenvalue weighted by Gasteiger charge is -2.19. The highest BCUT2D eigenvalue weighted by Gasteiger charge is 2.18. The molecule has 7 heteroatoms. The first-order valence-corrected chi connectivity index (χ1v) is 9.60. The minimum absolute atomic E-state index is 0.124. The number of nitrogens with one attached hydrogen (secondary N) is 1. The third-order valence-electron chi connectivity index (χ3n) is 4.79. The molecule has 0 aliphatic rings. The molecule has 152 valence electrons. The van der Waals surface area contributed by atoms with Gasteiger partial charge in [-0.25, -0.2) is 13.9 Å². The van der Waals surface area contributed by atoms with Gasteiger partial charge in [0.15, 0.2) is 11.5 Å². The zero-order valence-electron chi connectivity index (χ0n) is 17.1. The number of anilines is 2. The Kier molecular flexibility index (Phi) is 5.18. The first-order chi connectivity index (χ1) is 14.4. The second-order valence-corrected chi connectivity index (χ2v) is 7.34.